The summed E-state index contributed by atoms with van der Waals surface area (Å²) in [6.45, 7) is 3.10. The van der Waals surface area contributed by atoms with Gasteiger partial charge in [0.1, 0.15) is 0 Å². The number of ketones is 2. The van der Waals surface area contributed by atoms with Crippen LogP contribution in [0.5, 0.6) is 11.5 Å². The maximum atomic E-state index is 13.5. The quantitative estimate of drug-likeness (QED) is 0.424. The molecule has 2 aliphatic carbocycles. The smallest absolute Gasteiger partial charge is 0.175 e. The van der Waals surface area contributed by atoms with Crippen LogP contribution in [0.3, 0.4) is 0 Å². The molecule has 1 aliphatic heterocycles. The highest BCUT2D eigenvalue weighted by Gasteiger charge is 2.43. The Bertz CT molecular complexity index is 1190. The van der Waals surface area contributed by atoms with Crippen LogP contribution < -0.4 is 9.47 Å². The van der Waals surface area contributed by atoms with E-state index >= 15 is 0 Å². The topological polar surface area (TPSA) is 55.8 Å². The molecule has 0 fully saturated rings. The maximum absolute atomic E-state index is 13.5. The van der Waals surface area contributed by atoms with Gasteiger partial charge >= 0.3 is 0 Å². The first-order chi connectivity index (χ1) is 17.0. The van der Waals surface area contributed by atoms with Crippen molar-refractivity contribution in [3.05, 3.63) is 80.6 Å². The molecule has 0 amide bonds. The van der Waals surface area contributed by atoms with E-state index in [2.05, 4.69) is 33.0 Å². The summed E-state index contributed by atoms with van der Waals surface area (Å²) in [6, 6.07) is 14.2. The van der Waals surface area contributed by atoms with Gasteiger partial charge in [0.25, 0.3) is 0 Å². The Morgan fingerprint density at radius 2 is 1.57 bits per heavy atom. The van der Waals surface area contributed by atoms with Gasteiger partial charge in [-0.3, -0.25) is 9.59 Å². The molecule has 0 bridgehead atoms. The van der Waals surface area contributed by atoms with E-state index in [1.165, 1.54) is 5.56 Å². The molecule has 0 radical (unpaired) electrons. The average Bonchev–Trinajstić information content (AvgIpc) is 2.86. The Kier molecular flexibility index (Phi) is 6.83. The maximum Gasteiger partial charge on any atom is 0.175 e. The largest absolute Gasteiger partial charge is 0.493 e. The van der Waals surface area contributed by atoms with Gasteiger partial charge in [-0.05, 0) is 71.8 Å². The van der Waals surface area contributed by atoms with Crippen molar-refractivity contribution in [3.63, 3.8) is 0 Å². The normalized spacial score (nSPS) is 18.5. The van der Waals surface area contributed by atoms with E-state index < -0.39 is 0 Å². The molecule has 1 heterocycles. The van der Waals surface area contributed by atoms with Gasteiger partial charge in [0.15, 0.2) is 23.1 Å². The number of benzene rings is 2. The second-order valence-corrected chi connectivity index (χ2v) is 10.1. The van der Waals surface area contributed by atoms with Gasteiger partial charge in [-0.2, -0.15) is 0 Å². The lowest BCUT2D eigenvalue weighted by Crippen LogP contribution is -2.38. The number of rotatable bonds is 6. The predicted octanol–water partition coefficient (Wildman–Crippen LogP) is 6.47. The fraction of sp³-hybridized carbons (Fsp3) is 0.379. The Labute approximate surface area is 214 Å². The molecule has 6 heteroatoms. The first-order valence-electron chi connectivity index (χ1n) is 12.4. The van der Waals surface area contributed by atoms with Crippen LogP contribution in [0.2, 0.25) is 0 Å². The third kappa shape index (κ3) is 4.33. The lowest BCUT2D eigenvalue weighted by Gasteiger charge is -2.44. The number of nitrogens with zero attached hydrogens (tertiary/aromatic N) is 1. The summed E-state index contributed by atoms with van der Waals surface area (Å²) < 4.78 is 12.2. The summed E-state index contributed by atoms with van der Waals surface area (Å²) in [5.41, 5.74) is 5.77. The number of ether oxygens (including phenoxy) is 2. The van der Waals surface area contributed by atoms with Crippen molar-refractivity contribution in [3.8, 4) is 11.5 Å². The molecular weight excluding hydrogens is 506 g/mol. The third-order valence-electron chi connectivity index (χ3n) is 7.14. The zero-order valence-electron chi connectivity index (χ0n) is 20.2. The minimum absolute atomic E-state index is 0.142. The highest BCUT2D eigenvalue weighted by atomic mass is 79.9. The number of methoxy groups -OCH3 is 1. The molecule has 35 heavy (non-hydrogen) atoms. The number of carbonyl (C=O) groups excluding carboxylic acids is 2. The molecule has 182 valence electrons. The fourth-order valence-corrected chi connectivity index (χ4v) is 6.27. The van der Waals surface area contributed by atoms with Crippen LogP contribution in [0.1, 0.15) is 62.5 Å². The van der Waals surface area contributed by atoms with Gasteiger partial charge in [-0.25, -0.2) is 0 Å². The number of carbonyl (C=O) groups is 2. The first-order valence-corrected chi connectivity index (χ1v) is 13.2. The zero-order chi connectivity index (χ0) is 24.5. The molecule has 5 nitrogen and oxygen atoms in total. The van der Waals surface area contributed by atoms with Crippen molar-refractivity contribution in [2.24, 2.45) is 0 Å². The molecule has 0 N–H and O–H groups in total. The summed E-state index contributed by atoms with van der Waals surface area (Å²) in [5.74, 6) is 1.13. The van der Waals surface area contributed by atoms with Crippen LogP contribution in [0, 0.1) is 0 Å². The standard InChI is InChI=1S/C29H30BrNO4/c1-3-35-29-20(30)15-19(16-25(29)34-2)26-27-21(11-7-13-23(27)32)31(17-18-9-5-4-6-10-18)22-12-8-14-24(33)28(22)26/h4-6,9-10,15-16,26H,3,7-8,11-14,17H2,1-2H3. The van der Waals surface area contributed by atoms with Gasteiger partial charge in [-0.1, -0.05) is 30.3 Å². The molecule has 2 aromatic carbocycles. The van der Waals surface area contributed by atoms with Crippen molar-refractivity contribution in [1.29, 1.82) is 0 Å². The number of Topliss-reactive ketones (excluding diaryl/α,β-unsaturated/α-hetero) is 2. The van der Waals surface area contributed by atoms with Crippen molar-refractivity contribution in [1.82, 2.24) is 4.90 Å². The molecule has 2 aromatic rings. The van der Waals surface area contributed by atoms with Crippen LogP contribution in [0.15, 0.2) is 69.5 Å². The molecule has 0 saturated heterocycles. The van der Waals surface area contributed by atoms with E-state index in [0.717, 1.165) is 58.3 Å². The number of halogens is 1. The van der Waals surface area contributed by atoms with Crippen LogP contribution in [-0.2, 0) is 16.1 Å². The molecule has 0 saturated carbocycles. The molecule has 0 unspecified atom stereocenters. The number of hydrogen-bond acceptors (Lipinski definition) is 5. The van der Waals surface area contributed by atoms with Crippen LogP contribution >= 0.6 is 15.9 Å². The van der Waals surface area contributed by atoms with E-state index in [0.29, 0.717) is 37.5 Å². The monoisotopic (exact) mass is 535 g/mol. The van der Waals surface area contributed by atoms with E-state index in [1.807, 2.05) is 37.3 Å². The first kappa shape index (κ1) is 23.9. The Balaban J connectivity index is 1.71. The summed E-state index contributed by atoms with van der Waals surface area (Å²) in [5, 5.41) is 0. The summed E-state index contributed by atoms with van der Waals surface area (Å²) in [6.07, 6.45) is 4.38. The van der Waals surface area contributed by atoms with Gasteiger partial charge in [-0.15, -0.1) is 0 Å². The fourth-order valence-electron chi connectivity index (χ4n) is 5.70. The van der Waals surface area contributed by atoms with E-state index in [1.54, 1.807) is 7.11 Å². The minimum atomic E-state index is -0.381. The van der Waals surface area contributed by atoms with Crippen LogP contribution in [-0.4, -0.2) is 30.2 Å². The molecule has 0 aromatic heterocycles. The van der Waals surface area contributed by atoms with Gasteiger partial charge in [0.05, 0.1) is 18.2 Å². The molecule has 0 spiro atoms. The Morgan fingerprint density at radius 1 is 0.943 bits per heavy atom. The minimum Gasteiger partial charge on any atom is -0.493 e. The Morgan fingerprint density at radius 3 is 2.14 bits per heavy atom. The van der Waals surface area contributed by atoms with Gasteiger partial charge in [0.2, 0.25) is 0 Å². The zero-order valence-corrected chi connectivity index (χ0v) is 21.8. The number of allylic oxidation sites excluding steroid dienone is 4. The van der Waals surface area contributed by atoms with Crippen molar-refractivity contribution in [2.75, 3.05) is 13.7 Å². The second-order valence-electron chi connectivity index (χ2n) is 9.25. The predicted molar refractivity (Wildman–Crippen MR) is 138 cm³/mol. The SMILES string of the molecule is CCOc1c(Br)cc(C2C3=C(CCCC3=O)N(Cc3ccccc3)C3=C2C(=O)CCC3)cc1OC. The van der Waals surface area contributed by atoms with Gasteiger partial charge in [0, 0.05) is 47.8 Å². The highest BCUT2D eigenvalue weighted by molar-refractivity contribution is 9.10. The average molecular weight is 536 g/mol. The third-order valence-corrected chi connectivity index (χ3v) is 7.73. The highest BCUT2D eigenvalue weighted by Crippen LogP contribution is 2.51. The summed E-state index contributed by atoms with van der Waals surface area (Å²) in [4.78, 5) is 29.3. The second kappa shape index (κ2) is 10.0. The van der Waals surface area contributed by atoms with Crippen LogP contribution in [0.4, 0.5) is 0 Å². The molecular formula is C29H30BrNO4. The van der Waals surface area contributed by atoms with Crippen LogP contribution in [0.25, 0.3) is 0 Å². The lowest BCUT2D eigenvalue weighted by atomic mass is 9.71. The summed E-state index contributed by atoms with van der Waals surface area (Å²) >= 11 is 3.65. The van der Waals surface area contributed by atoms with Crippen molar-refractivity contribution >= 4 is 27.5 Å². The number of hydrogen-bond donors (Lipinski definition) is 0. The molecule has 3 aliphatic rings. The molecule has 0 atom stereocenters. The van der Waals surface area contributed by atoms with Gasteiger partial charge < -0.3 is 14.4 Å². The van der Waals surface area contributed by atoms with E-state index in [-0.39, 0.29) is 17.5 Å². The lowest BCUT2D eigenvalue weighted by molar-refractivity contribution is -0.117. The van der Waals surface area contributed by atoms with E-state index in [4.69, 9.17) is 9.47 Å². The van der Waals surface area contributed by atoms with Crippen molar-refractivity contribution in [2.45, 2.75) is 57.9 Å². The Hall–Kier alpha value is -2.86. The molecule has 5 rings (SSSR count). The van der Waals surface area contributed by atoms with Crippen molar-refractivity contribution < 1.29 is 19.1 Å². The van der Waals surface area contributed by atoms with E-state index in [9.17, 15) is 9.59 Å². The summed E-state index contributed by atoms with van der Waals surface area (Å²) in [7, 11) is 1.61.